The molecule has 2 aromatic rings. The monoisotopic (exact) mass is 273 g/mol. The Morgan fingerprint density at radius 1 is 1.15 bits per heavy atom. The molecule has 0 spiro atoms. The van der Waals surface area contributed by atoms with Crippen LogP contribution in [0.1, 0.15) is 24.5 Å². The van der Waals surface area contributed by atoms with Gasteiger partial charge in [0.15, 0.2) is 0 Å². The topological polar surface area (TPSA) is 21.3 Å². The maximum Gasteiger partial charge on any atom is 0.125 e. The summed E-state index contributed by atoms with van der Waals surface area (Å²) in [6, 6.07) is 12.9. The van der Waals surface area contributed by atoms with Gasteiger partial charge in [0.25, 0.3) is 0 Å². The molecule has 2 nitrogen and oxygen atoms in total. The second-order valence-electron chi connectivity index (χ2n) is 4.87. The first-order valence-corrected chi connectivity index (χ1v) is 6.90. The molecule has 0 aliphatic carbocycles. The summed E-state index contributed by atoms with van der Waals surface area (Å²) in [5.41, 5.74) is 2.82. The van der Waals surface area contributed by atoms with Crippen molar-refractivity contribution in [1.29, 1.82) is 0 Å². The van der Waals surface area contributed by atoms with Gasteiger partial charge in [-0.25, -0.2) is 4.39 Å². The molecule has 0 saturated heterocycles. The zero-order chi connectivity index (χ0) is 14.4. The summed E-state index contributed by atoms with van der Waals surface area (Å²) in [6.07, 6.45) is 0.991. The molecule has 0 aliphatic heterocycles. The molecule has 0 amide bonds. The van der Waals surface area contributed by atoms with E-state index in [0.29, 0.717) is 6.54 Å². The van der Waals surface area contributed by atoms with Crippen molar-refractivity contribution in [3.05, 3.63) is 59.4 Å². The molecule has 20 heavy (non-hydrogen) atoms. The first-order chi connectivity index (χ1) is 9.67. The number of anilines is 1. The fourth-order valence-electron chi connectivity index (χ4n) is 2.01. The number of ether oxygens (including phenoxy) is 1. The predicted molar refractivity (Wildman–Crippen MR) is 80.7 cm³/mol. The third-order valence-electron chi connectivity index (χ3n) is 2.91. The van der Waals surface area contributed by atoms with E-state index in [0.717, 1.165) is 35.6 Å². The average Bonchev–Trinajstić information content (AvgIpc) is 2.42. The lowest BCUT2D eigenvalue weighted by molar-refractivity contribution is 0.317. The van der Waals surface area contributed by atoms with Crippen molar-refractivity contribution in [2.75, 3.05) is 11.9 Å². The molecule has 0 fully saturated rings. The molecule has 1 N–H and O–H groups in total. The molecule has 2 rings (SSSR count). The van der Waals surface area contributed by atoms with Gasteiger partial charge in [-0.15, -0.1) is 0 Å². The van der Waals surface area contributed by atoms with Gasteiger partial charge in [-0.3, -0.25) is 0 Å². The summed E-state index contributed by atoms with van der Waals surface area (Å²) < 4.78 is 18.9. The van der Waals surface area contributed by atoms with Crippen LogP contribution in [0.5, 0.6) is 5.75 Å². The van der Waals surface area contributed by atoms with Crippen molar-refractivity contribution in [3.63, 3.8) is 0 Å². The molecule has 0 saturated carbocycles. The van der Waals surface area contributed by atoms with Gasteiger partial charge in [-0.1, -0.05) is 19.1 Å². The van der Waals surface area contributed by atoms with Crippen LogP contribution in [0.15, 0.2) is 42.5 Å². The Morgan fingerprint density at radius 3 is 2.75 bits per heavy atom. The zero-order valence-corrected chi connectivity index (χ0v) is 11.9. The number of benzene rings is 2. The summed E-state index contributed by atoms with van der Waals surface area (Å²) in [6.45, 7) is 5.33. The first kappa shape index (κ1) is 14.4. The molecule has 0 unspecified atom stereocenters. The molecule has 2 aromatic carbocycles. The van der Waals surface area contributed by atoms with E-state index in [1.165, 1.54) is 12.1 Å². The van der Waals surface area contributed by atoms with Crippen molar-refractivity contribution >= 4 is 5.69 Å². The average molecular weight is 273 g/mol. The van der Waals surface area contributed by atoms with Crippen molar-refractivity contribution in [1.82, 2.24) is 0 Å². The highest BCUT2D eigenvalue weighted by atomic mass is 19.1. The van der Waals surface area contributed by atoms with Crippen molar-refractivity contribution in [2.24, 2.45) is 0 Å². The minimum atomic E-state index is -0.215. The fourth-order valence-corrected chi connectivity index (χ4v) is 2.01. The molecule has 3 heteroatoms. The number of halogens is 1. The van der Waals surface area contributed by atoms with Crippen LogP contribution < -0.4 is 10.1 Å². The van der Waals surface area contributed by atoms with Crippen LogP contribution in [0.25, 0.3) is 0 Å². The van der Waals surface area contributed by atoms with Gasteiger partial charge >= 0.3 is 0 Å². The standard InChI is InChI=1S/C17H20FNO/c1-3-7-20-17-6-4-5-14(10-17)12-19-16-9-13(2)8-15(18)11-16/h4-6,8-11,19H,3,7,12H2,1-2H3. The first-order valence-electron chi connectivity index (χ1n) is 6.90. The maximum atomic E-state index is 13.3. The van der Waals surface area contributed by atoms with Crippen molar-refractivity contribution in [3.8, 4) is 5.75 Å². The Hall–Kier alpha value is -2.03. The molecule has 0 aliphatic rings. The number of nitrogens with one attached hydrogen (secondary N) is 1. The zero-order valence-electron chi connectivity index (χ0n) is 11.9. The predicted octanol–water partition coefficient (Wildman–Crippen LogP) is 4.54. The summed E-state index contributed by atoms with van der Waals surface area (Å²) in [5.74, 6) is 0.661. The fraction of sp³-hybridized carbons (Fsp3) is 0.294. The molecule has 0 heterocycles. The Morgan fingerprint density at radius 2 is 2.00 bits per heavy atom. The van der Waals surface area contributed by atoms with E-state index in [9.17, 15) is 4.39 Å². The highest BCUT2D eigenvalue weighted by Crippen LogP contribution is 2.17. The lowest BCUT2D eigenvalue weighted by atomic mass is 10.2. The Balaban J connectivity index is 1.99. The highest BCUT2D eigenvalue weighted by Gasteiger charge is 2.00. The number of rotatable bonds is 6. The maximum absolute atomic E-state index is 13.3. The van der Waals surface area contributed by atoms with Crippen LogP contribution in [0.4, 0.5) is 10.1 Å². The second-order valence-corrected chi connectivity index (χ2v) is 4.87. The molecular formula is C17H20FNO. The van der Waals surface area contributed by atoms with Gasteiger partial charge in [0.2, 0.25) is 0 Å². The number of aryl methyl sites for hydroxylation is 1. The van der Waals surface area contributed by atoms with E-state index in [1.54, 1.807) is 0 Å². The van der Waals surface area contributed by atoms with Crippen molar-refractivity contribution < 1.29 is 9.13 Å². The Bertz CT molecular complexity index is 548. The number of hydrogen-bond donors (Lipinski definition) is 1. The van der Waals surface area contributed by atoms with Crippen LogP contribution in [0.2, 0.25) is 0 Å². The third kappa shape index (κ3) is 4.26. The normalized spacial score (nSPS) is 10.3. The molecule has 0 aromatic heterocycles. The molecule has 106 valence electrons. The number of hydrogen-bond acceptors (Lipinski definition) is 2. The van der Waals surface area contributed by atoms with Crippen LogP contribution in [-0.2, 0) is 6.54 Å². The molecular weight excluding hydrogens is 253 g/mol. The third-order valence-corrected chi connectivity index (χ3v) is 2.91. The van der Waals surface area contributed by atoms with Crippen LogP contribution in [-0.4, -0.2) is 6.61 Å². The molecule has 0 atom stereocenters. The van der Waals surface area contributed by atoms with Gasteiger partial charge in [-0.2, -0.15) is 0 Å². The SMILES string of the molecule is CCCOc1cccc(CNc2cc(C)cc(F)c2)c1. The Labute approximate surface area is 119 Å². The highest BCUT2D eigenvalue weighted by molar-refractivity contribution is 5.46. The van der Waals surface area contributed by atoms with E-state index < -0.39 is 0 Å². The second kappa shape index (κ2) is 6.94. The summed E-state index contributed by atoms with van der Waals surface area (Å²) in [5, 5.41) is 3.23. The lowest BCUT2D eigenvalue weighted by Crippen LogP contribution is -2.01. The van der Waals surface area contributed by atoms with Gasteiger partial charge in [0.05, 0.1) is 6.61 Å². The summed E-state index contributed by atoms with van der Waals surface area (Å²) in [4.78, 5) is 0. The van der Waals surface area contributed by atoms with Crippen LogP contribution in [0.3, 0.4) is 0 Å². The van der Waals surface area contributed by atoms with Crippen LogP contribution in [0, 0.1) is 12.7 Å². The Kier molecular flexibility index (Phi) is 4.99. The minimum absolute atomic E-state index is 0.215. The van der Waals surface area contributed by atoms with E-state index in [1.807, 2.05) is 37.3 Å². The quantitative estimate of drug-likeness (QED) is 0.834. The largest absolute Gasteiger partial charge is 0.494 e. The van der Waals surface area contributed by atoms with Gasteiger partial charge < -0.3 is 10.1 Å². The van der Waals surface area contributed by atoms with E-state index in [4.69, 9.17) is 4.74 Å². The lowest BCUT2D eigenvalue weighted by Gasteiger charge is -2.10. The molecule has 0 radical (unpaired) electrons. The van der Waals surface area contributed by atoms with Crippen LogP contribution >= 0.6 is 0 Å². The van der Waals surface area contributed by atoms with E-state index in [2.05, 4.69) is 12.2 Å². The minimum Gasteiger partial charge on any atom is -0.494 e. The molecule has 0 bridgehead atoms. The van der Waals surface area contributed by atoms with Gasteiger partial charge in [0, 0.05) is 12.2 Å². The van der Waals surface area contributed by atoms with E-state index in [-0.39, 0.29) is 5.82 Å². The smallest absolute Gasteiger partial charge is 0.125 e. The van der Waals surface area contributed by atoms with Gasteiger partial charge in [-0.05, 0) is 54.8 Å². The van der Waals surface area contributed by atoms with Crippen molar-refractivity contribution in [2.45, 2.75) is 26.8 Å². The summed E-state index contributed by atoms with van der Waals surface area (Å²) in [7, 11) is 0. The summed E-state index contributed by atoms with van der Waals surface area (Å²) >= 11 is 0. The van der Waals surface area contributed by atoms with Gasteiger partial charge in [0.1, 0.15) is 11.6 Å². The van der Waals surface area contributed by atoms with E-state index >= 15 is 0 Å².